The first kappa shape index (κ1) is 14.5. The molecule has 3 nitrogen and oxygen atoms in total. The van der Waals surface area contributed by atoms with E-state index in [1.807, 2.05) is 13.0 Å². The van der Waals surface area contributed by atoms with E-state index in [9.17, 15) is 14.3 Å². The molecule has 0 saturated heterocycles. The van der Waals surface area contributed by atoms with Crippen molar-refractivity contribution in [1.82, 2.24) is 0 Å². The van der Waals surface area contributed by atoms with Crippen LogP contribution in [-0.2, 0) is 4.79 Å². The van der Waals surface area contributed by atoms with Crippen LogP contribution in [-0.4, -0.2) is 11.1 Å². The van der Waals surface area contributed by atoms with Crippen molar-refractivity contribution in [1.29, 1.82) is 0 Å². The number of aryl methyl sites for hydroxylation is 1. The maximum atomic E-state index is 13.6. The number of halogens is 2. The third-order valence-electron chi connectivity index (χ3n) is 2.95. The second kappa shape index (κ2) is 6.05. The zero-order valence-corrected chi connectivity index (χ0v) is 12.3. The van der Waals surface area contributed by atoms with Gasteiger partial charge in [0, 0.05) is 4.47 Å². The van der Waals surface area contributed by atoms with Crippen molar-refractivity contribution in [2.45, 2.75) is 13.0 Å². The number of rotatable bonds is 4. The van der Waals surface area contributed by atoms with Gasteiger partial charge in [-0.2, -0.15) is 0 Å². The summed E-state index contributed by atoms with van der Waals surface area (Å²) in [5.74, 6) is -1.55. The highest BCUT2D eigenvalue weighted by atomic mass is 79.9. The SMILES string of the molecule is Cc1ccc(C(Nc2ccccc2F)C(=O)O)cc1Br. The summed E-state index contributed by atoms with van der Waals surface area (Å²) in [6, 6.07) is 10.2. The van der Waals surface area contributed by atoms with E-state index in [2.05, 4.69) is 21.2 Å². The standard InChI is InChI=1S/C15H13BrFNO2/c1-9-6-7-10(8-11(9)16)14(15(19)20)18-13-5-3-2-4-12(13)17/h2-8,14,18H,1H3,(H,19,20). The number of para-hydroxylation sites is 1. The van der Waals surface area contributed by atoms with Crippen LogP contribution in [0.2, 0.25) is 0 Å². The van der Waals surface area contributed by atoms with Gasteiger partial charge in [-0.25, -0.2) is 9.18 Å². The van der Waals surface area contributed by atoms with Gasteiger partial charge < -0.3 is 10.4 Å². The van der Waals surface area contributed by atoms with E-state index >= 15 is 0 Å². The van der Waals surface area contributed by atoms with Crippen LogP contribution in [0.3, 0.4) is 0 Å². The maximum absolute atomic E-state index is 13.6. The highest BCUT2D eigenvalue weighted by Gasteiger charge is 2.21. The van der Waals surface area contributed by atoms with Gasteiger partial charge in [0.1, 0.15) is 5.82 Å². The van der Waals surface area contributed by atoms with E-state index in [4.69, 9.17) is 0 Å². The van der Waals surface area contributed by atoms with Gasteiger partial charge in [0.05, 0.1) is 5.69 Å². The molecule has 0 aliphatic heterocycles. The molecule has 0 radical (unpaired) electrons. The van der Waals surface area contributed by atoms with Crippen molar-refractivity contribution in [3.8, 4) is 0 Å². The molecule has 2 aromatic rings. The number of nitrogens with one attached hydrogen (secondary N) is 1. The molecule has 0 amide bonds. The molecular formula is C15H13BrFNO2. The van der Waals surface area contributed by atoms with E-state index in [0.717, 1.165) is 10.0 Å². The molecule has 2 rings (SSSR count). The minimum atomic E-state index is -1.07. The summed E-state index contributed by atoms with van der Waals surface area (Å²) >= 11 is 3.37. The van der Waals surface area contributed by atoms with Crippen LogP contribution in [0.25, 0.3) is 0 Å². The smallest absolute Gasteiger partial charge is 0.330 e. The molecule has 2 N–H and O–H groups in total. The lowest BCUT2D eigenvalue weighted by molar-refractivity contribution is -0.138. The van der Waals surface area contributed by atoms with Crippen molar-refractivity contribution >= 4 is 27.6 Å². The van der Waals surface area contributed by atoms with Gasteiger partial charge in [0.25, 0.3) is 0 Å². The van der Waals surface area contributed by atoms with Gasteiger partial charge in [-0.15, -0.1) is 0 Å². The number of anilines is 1. The van der Waals surface area contributed by atoms with Gasteiger partial charge in [-0.3, -0.25) is 0 Å². The van der Waals surface area contributed by atoms with Gasteiger partial charge in [0.2, 0.25) is 0 Å². The predicted molar refractivity (Wildman–Crippen MR) is 79.3 cm³/mol. The molecule has 5 heteroatoms. The fourth-order valence-corrected chi connectivity index (χ4v) is 2.21. The first-order valence-corrected chi connectivity index (χ1v) is 6.78. The monoisotopic (exact) mass is 337 g/mol. The van der Waals surface area contributed by atoms with Gasteiger partial charge in [-0.05, 0) is 36.2 Å². The zero-order chi connectivity index (χ0) is 14.7. The summed E-state index contributed by atoms with van der Waals surface area (Å²) in [4.78, 5) is 11.4. The Morgan fingerprint density at radius 3 is 2.60 bits per heavy atom. The van der Waals surface area contributed by atoms with Crippen molar-refractivity contribution in [2.24, 2.45) is 0 Å². The first-order valence-electron chi connectivity index (χ1n) is 5.99. The van der Waals surface area contributed by atoms with E-state index in [1.54, 1.807) is 24.3 Å². The molecule has 104 valence electrons. The number of benzene rings is 2. The Hall–Kier alpha value is -1.88. The molecule has 0 spiro atoms. The third-order valence-corrected chi connectivity index (χ3v) is 3.80. The van der Waals surface area contributed by atoms with E-state index in [0.29, 0.717) is 5.56 Å². The molecule has 2 aromatic carbocycles. The van der Waals surface area contributed by atoms with Crippen molar-refractivity contribution in [3.05, 3.63) is 63.9 Å². The highest BCUT2D eigenvalue weighted by molar-refractivity contribution is 9.10. The molecule has 0 aliphatic rings. The maximum Gasteiger partial charge on any atom is 0.330 e. The fraction of sp³-hybridized carbons (Fsp3) is 0.133. The average molecular weight is 338 g/mol. The lowest BCUT2D eigenvalue weighted by Gasteiger charge is -2.17. The summed E-state index contributed by atoms with van der Waals surface area (Å²) in [7, 11) is 0. The van der Waals surface area contributed by atoms with Crippen LogP contribution < -0.4 is 5.32 Å². The van der Waals surface area contributed by atoms with Crippen molar-refractivity contribution < 1.29 is 14.3 Å². The van der Waals surface area contributed by atoms with E-state index in [1.165, 1.54) is 12.1 Å². The minimum Gasteiger partial charge on any atom is -0.479 e. The summed E-state index contributed by atoms with van der Waals surface area (Å²) in [6.45, 7) is 1.91. The minimum absolute atomic E-state index is 0.164. The second-order valence-corrected chi connectivity index (χ2v) is 5.26. The molecule has 0 fully saturated rings. The number of hydrogen-bond acceptors (Lipinski definition) is 2. The number of hydrogen-bond donors (Lipinski definition) is 2. The van der Waals surface area contributed by atoms with Crippen molar-refractivity contribution in [3.63, 3.8) is 0 Å². The molecule has 0 heterocycles. The van der Waals surface area contributed by atoms with Crippen LogP contribution >= 0.6 is 15.9 Å². The lowest BCUT2D eigenvalue weighted by atomic mass is 10.0. The Kier molecular flexibility index (Phi) is 4.39. The fourth-order valence-electron chi connectivity index (χ4n) is 1.81. The van der Waals surface area contributed by atoms with Crippen LogP contribution in [0.4, 0.5) is 10.1 Å². The molecule has 0 aliphatic carbocycles. The quantitative estimate of drug-likeness (QED) is 0.881. The predicted octanol–water partition coefficient (Wildman–Crippen LogP) is 4.13. The first-order chi connectivity index (χ1) is 9.49. The Labute approximate surface area is 124 Å². The topological polar surface area (TPSA) is 49.3 Å². The number of carboxylic acid groups (broad SMARTS) is 1. The van der Waals surface area contributed by atoms with Gasteiger partial charge in [-0.1, -0.05) is 40.2 Å². The molecular weight excluding hydrogens is 325 g/mol. The van der Waals surface area contributed by atoms with Crippen LogP contribution in [0.15, 0.2) is 46.9 Å². The van der Waals surface area contributed by atoms with E-state index in [-0.39, 0.29) is 5.69 Å². The number of carbonyl (C=O) groups is 1. The van der Waals surface area contributed by atoms with Crippen LogP contribution in [0, 0.1) is 12.7 Å². The van der Waals surface area contributed by atoms with Gasteiger partial charge >= 0.3 is 5.97 Å². The molecule has 1 unspecified atom stereocenters. The Balaban J connectivity index is 2.34. The average Bonchev–Trinajstić information content (AvgIpc) is 2.41. The lowest BCUT2D eigenvalue weighted by Crippen LogP contribution is -2.21. The molecule has 20 heavy (non-hydrogen) atoms. The molecule has 0 aromatic heterocycles. The van der Waals surface area contributed by atoms with Crippen LogP contribution in [0.1, 0.15) is 17.2 Å². The van der Waals surface area contributed by atoms with Crippen molar-refractivity contribution in [2.75, 3.05) is 5.32 Å². The summed E-state index contributed by atoms with van der Waals surface area (Å²) in [5, 5.41) is 12.1. The third kappa shape index (κ3) is 3.17. The Bertz CT molecular complexity index is 646. The van der Waals surface area contributed by atoms with Crippen LogP contribution in [0.5, 0.6) is 0 Å². The summed E-state index contributed by atoms with van der Waals surface area (Å²) in [6.07, 6.45) is 0. The number of carboxylic acids is 1. The highest BCUT2D eigenvalue weighted by Crippen LogP contribution is 2.26. The van der Waals surface area contributed by atoms with Gasteiger partial charge in [0.15, 0.2) is 6.04 Å². The summed E-state index contributed by atoms with van der Waals surface area (Å²) < 4.78 is 14.4. The molecule has 0 bridgehead atoms. The summed E-state index contributed by atoms with van der Waals surface area (Å²) in [5.41, 5.74) is 1.72. The number of aliphatic carboxylic acids is 1. The zero-order valence-electron chi connectivity index (χ0n) is 10.7. The second-order valence-electron chi connectivity index (χ2n) is 4.40. The molecule has 1 atom stereocenters. The van der Waals surface area contributed by atoms with E-state index < -0.39 is 17.8 Å². The Morgan fingerprint density at radius 2 is 2.00 bits per heavy atom. The largest absolute Gasteiger partial charge is 0.479 e. The Morgan fingerprint density at radius 1 is 1.30 bits per heavy atom. The molecule has 0 saturated carbocycles. The normalized spacial score (nSPS) is 11.9.